The molecule has 1 atom stereocenters. The smallest absolute Gasteiger partial charge is 0.0817 e. The second-order valence-corrected chi connectivity index (χ2v) is 5.02. The van der Waals surface area contributed by atoms with Crippen LogP contribution in [-0.2, 0) is 4.74 Å². The Morgan fingerprint density at radius 2 is 2.07 bits per heavy atom. The van der Waals surface area contributed by atoms with Crippen molar-refractivity contribution in [3.05, 3.63) is 0 Å². The van der Waals surface area contributed by atoms with E-state index in [1.165, 1.54) is 44.9 Å². The highest BCUT2D eigenvalue weighted by atomic mass is 16.5. The van der Waals surface area contributed by atoms with Gasteiger partial charge >= 0.3 is 0 Å². The maximum Gasteiger partial charge on any atom is 0.0817 e. The van der Waals surface area contributed by atoms with Crippen LogP contribution in [0.4, 0.5) is 0 Å². The second kappa shape index (κ2) is 4.63. The molecule has 1 aliphatic heterocycles. The molecule has 2 nitrogen and oxygen atoms in total. The summed E-state index contributed by atoms with van der Waals surface area (Å²) in [5, 5.41) is 3.43. The van der Waals surface area contributed by atoms with Crippen molar-refractivity contribution in [2.75, 3.05) is 20.2 Å². The molecule has 1 N–H and O–H groups in total. The summed E-state index contributed by atoms with van der Waals surface area (Å²) in [6.45, 7) is 2.21. The van der Waals surface area contributed by atoms with Crippen LogP contribution in [0.25, 0.3) is 0 Å². The van der Waals surface area contributed by atoms with Gasteiger partial charge in [0.2, 0.25) is 0 Å². The first-order chi connectivity index (χ1) is 6.85. The van der Waals surface area contributed by atoms with Crippen LogP contribution in [0, 0.1) is 5.92 Å². The largest absolute Gasteiger partial charge is 0.377 e. The van der Waals surface area contributed by atoms with Gasteiger partial charge in [-0.05, 0) is 25.3 Å². The molecule has 0 aromatic heterocycles. The molecule has 14 heavy (non-hydrogen) atoms. The van der Waals surface area contributed by atoms with E-state index in [-0.39, 0.29) is 5.60 Å². The maximum atomic E-state index is 5.74. The highest BCUT2D eigenvalue weighted by molar-refractivity contribution is 4.91. The van der Waals surface area contributed by atoms with E-state index in [0.717, 1.165) is 19.0 Å². The standard InChI is InChI=1S/C12H23NO/c1-14-12(7-8-13-10-12)9-11-5-3-2-4-6-11/h11,13H,2-10H2,1H3. The molecule has 82 valence electrons. The van der Waals surface area contributed by atoms with E-state index in [4.69, 9.17) is 4.74 Å². The van der Waals surface area contributed by atoms with E-state index < -0.39 is 0 Å². The fourth-order valence-electron chi connectivity index (χ4n) is 3.07. The lowest BCUT2D eigenvalue weighted by Crippen LogP contribution is -2.36. The Labute approximate surface area is 87.4 Å². The predicted molar refractivity (Wildman–Crippen MR) is 58.4 cm³/mol. The van der Waals surface area contributed by atoms with Gasteiger partial charge in [-0.15, -0.1) is 0 Å². The molecule has 1 heterocycles. The summed E-state index contributed by atoms with van der Waals surface area (Å²) in [5.41, 5.74) is 0.183. The highest BCUT2D eigenvalue weighted by Crippen LogP contribution is 2.34. The minimum Gasteiger partial charge on any atom is -0.377 e. The average Bonchev–Trinajstić information content (AvgIpc) is 2.69. The van der Waals surface area contributed by atoms with Crippen molar-refractivity contribution >= 4 is 0 Å². The zero-order valence-electron chi connectivity index (χ0n) is 9.35. The summed E-state index contributed by atoms with van der Waals surface area (Å²) in [6.07, 6.45) is 9.71. The lowest BCUT2D eigenvalue weighted by molar-refractivity contribution is -0.0167. The number of hydrogen-bond acceptors (Lipinski definition) is 2. The van der Waals surface area contributed by atoms with Crippen LogP contribution >= 0.6 is 0 Å². The van der Waals surface area contributed by atoms with Crippen LogP contribution in [0.15, 0.2) is 0 Å². The maximum absolute atomic E-state index is 5.74. The quantitative estimate of drug-likeness (QED) is 0.750. The summed E-state index contributed by atoms with van der Waals surface area (Å²) in [4.78, 5) is 0. The predicted octanol–water partition coefficient (Wildman–Crippen LogP) is 2.34. The molecule has 1 saturated carbocycles. The average molecular weight is 197 g/mol. The summed E-state index contributed by atoms with van der Waals surface area (Å²) in [7, 11) is 1.88. The Morgan fingerprint density at radius 1 is 1.29 bits per heavy atom. The van der Waals surface area contributed by atoms with Gasteiger partial charge in [-0.2, -0.15) is 0 Å². The second-order valence-electron chi connectivity index (χ2n) is 5.02. The van der Waals surface area contributed by atoms with Gasteiger partial charge < -0.3 is 10.1 Å². The summed E-state index contributed by atoms with van der Waals surface area (Å²) >= 11 is 0. The molecule has 1 saturated heterocycles. The van der Waals surface area contributed by atoms with Crippen LogP contribution in [0.3, 0.4) is 0 Å². The number of methoxy groups -OCH3 is 1. The molecule has 2 heteroatoms. The Hall–Kier alpha value is -0.0800. The molecule has 0 spiro atoms. The first kappa shape index (κ1) is 10.4. The van der Waals surface area contributed by atoms with E-state index in [9.17, 15) is 0 Å². The van der Waals surface area contributed by atoms with Gasteiger partial charge in [-0.1, -0.05) is 32.1 Å². The Kier molecular flexibility index (Phi) is 3.45. The molecular formula is C12H23NO. The Balaban J connectivity index is 1.86. The third-order valence-corrected chi connectivity index (χ3v) is 4.02. The van der Waals surface area contributed by atoms with E-state index in [1.54, 1.807) is 0 Å². The SMILES string of the molecule is COC1(CC2CCCCC2)CCNC1. The first-order valence-electron chi connectivity index (χ1n) is 6.10. The molecule has 2 aliphatic rings. The first-order valence-corrected chi connectivity index (χ1v) is 6.10. The van der Waals surface area contributed by atoms with Crippen molar-refractivity contribution in [1.82, 2.24) is 5.32 Å². The molecule has 1 unspecified atom stereocenters. The van der Waals surface area contributed by atoms with Gasteiger partial charge in [0.05, 0.1) is 5.60 Å². The van der Waals surface area contributed by atoms with Gasteiger partial charge in [-0.3, -0.25) is 0 Å². The van der Waals surface area contributed by atoms with Crippen molar-refractivity contribution in [2.45, 2.75) is 50.5 Å². The fraction of sp³-hybridized carbons (Fsp3) is 1.00. The summed E-state index contributed by atoms with van der Waals surface area (Å²) < 4.78 is 5.74. The normalized spacial score (nSPS) is 34.9. The van der Waals surface area contributed by atoms with Crippen molar-refractivity contribution in [2.24, 2.45) is 5.92 Å². The fourth-order valence-corrected chi connectivity index (χ4v) is 3.07. The van der Waals surface area contributed by atoms with Gasteiger partial charge in [0, 0.05) is 13.7 Å². The molecule has 0 aromatic rings. The van der Waals surface area contributed by atoms with Crippen molar-refractivity contribution in [3.63, 3.8) is 0 Å². The zero-order valence-corrected chi connectivity index (χ0v) is 9.35. The molecule has 2 fully saturated rings. The van der Waals surface area contributed by atoms with Crippen LogP contribution < -0.4 is 5.32 Å². The number of rotatable bonds is 3. The van der Waals surface area contributed by atoms with Crippen molar-refractivity contribution in [3.8, 4) is 0 Å². The zero-order chi connectivity index (χ0) is 9.86. The third-order valence-electron chi connectivity index (χ3n) is 4.02. The highest BCUT2D eigenvalue weighted by Gasteiger charge is 2.36. The minimum absolute atomic E-state index is 0.183. The van der Waals surface area contributed by atoms with Crippen LogP contribution in [0.5, 0.6) is 0 Å². The Bertz CT molecular complexity index is 169. The molecule has 0 radical (unpaired) electrons. The van der Waals surface area contributed by atoms with E-state index in [0.29, 0.717) is 0 Å². The number of ether oxygens (including phenoxy) is 1. The molecule has 0 aromatic carbocycles. The molecule has 1 aliphatic carbocycles. The van der Waals surface area contributed by atoms with Crippen molar-refractivity contribution in [1.29, 1.82) is 0 Å². The van der Waals surface area contributed by atoms with Gasteiger partial charge in [0.1, 0.15) is 0 Å². The lowest BCUT2D eigenvalue weighted by Gasteiger charge is -2.33. The topological polar surface area (TPSA) is 21.3 Å². The molecule has 0 bridgehead atoms. The molecule has 0 amide bonds. The monoisotopic (exact) mass is 197 g/mol. The van der Waals surface area contributed by atoms with E-state index in [2.05, 4.69) is 5.32 Å². The van der Waals surface area contributed by atoms with Crippen LogP contribution in [-0.4, -0.2) is 25.8 Å². The van der Waals surface area contributed by atoms with Crippen LogP contribution in [0.2, 0.25) is 0 Å². The van der Waals surface area contributed by atoms with Crippen molar-refractivity contribution < 1.29 is 4.74 Å². The van der Waals surface area contributed by atoms with Gasteiger partial charge in [0.15, 0.2) is 0 Å². The minimum atomic E-state index is 0.183. The lowest BCUT2D eigenvalue weighted by atomic mass is 9.80. The van der Waals surface area contributed by atoms with Gasteiger partial charge in [-0.25, -0.2) is 0 Å². The molecule has 2 rings (SSSR count). The summed E-state index contributed by atoms with van der Waals surface area (Å²) in [5.74, 6) is 0.934. The third kappa shape index (κ3) is 2.29. The van der Waals surface area contributed by atoms with E-state index in [1.807, 2.05) is 7.11 Å². The van der Waals surface area contributed by atoms with E-state index >= 15 is 0 Å². The summed E-state index contributed by atoms with van der Waals surface area (Å²) in [6, 6.07) is 0. The van der Waals surface area contributed by atoms with Crippen LogP contribution in [0.1, 0.15) is 44.9 Å². The Morgan fingerprint density at radius 3 is 2.64 bits per heavy atom. The van der Waals surface area contributed by atoms with Gasteiger partial charge in [0.25, 0.3) is 0 Å². The molecular weight excluding hydrogens is 174 g/mol. The number of hydrogen-bond donors (Lipinski definition) is 1. The number of nitrogens with one attached hydrogen (secondary N) is 1.